The maximum absolute atomic E-state index is 10.5. The maximum Gasteiger partial charge on any atom is 0.0861 e. The fourth-order valence-electron chi connectivity index (χ4n) is 2.56. The summed E-state index contributed by atoms with van der Waals surface area (Å²) >= 11 is 0. The molecule has 0 saturated heterocycles. The van der Waals surface area contributed by atoms with E-state index in [4.69, 9.17) is 4.74 Å². The summed E-state index contributed by atoms with van der Waals surface area (Å²) in [5.74, 6) is 0.607. The van der Waals surface area contributed by atoms with E-state index in [1.165, 1.54) is 6.42 Å². The SMILES string of the molecule is COC=[C]CC1(O)CCCC(C(C)(C)C)C1. The lowest BCUT2D eigenvalue weighted by Gasteiger charge is -2.42. The van der Waals surface area contributed by atoms with E-state index in [9.17, 15) is 5.11 Å². The van der Waals surface area contributed by atoms with Crippen LogP contribution in [0.1, 0.15) is 52.9 Å². The van der Waals surface area contributed by atoms with E-state index in [2.05, 4.69) is 26.8 Å². The van der Waals surface area contributed by atoms with E-state index in [0.29, 0.717) is 17.8 Å². The second kappa shape index (κ2) is 5.22. The standard InChI is InChI=1S/C14H25O2/c1-13(2,3)12-7-5-8-14(15,11-12)9-6-10-16-4/h10,12,15H,5,7-9,11H2,1-4H3. The predicted octanol–water partition coefficient (Wildman–Crippen LogP) is 3.31. The summed E-state index contributed by atoms with van der Waals surface area (Å²) in [5.41, 5.74) is -0.273. The third-order valence-electron chi connectivity index (χ3n) is 3.68. The van der Waals surface area contributed by atoms with E-state index in [1.807, 2.05) is 0 Å². The Bertz CT molecular complexity index is 240. The summed E-state index contributed by atoms with van der Waals surface area (Å²) in [4.78, 5) is 0. The molecule has 1 saturated carbocycles. The zero-order valence-corrected chi connectivity index (χ0v) is 11.0. The van der Waals surface area contributed by atoms with Gasteiger partial charge in [-0.2, -0.15) is 0 Å². The van der Waals surface area contributed by atoms with Crippen molar-refractivity contribution in [1.82, 2.24) is 0 Å². The van der Waals surface area contributed by atoms with Gasteiger partial charge >= 0.3 is 0 Å². The Labute approximate surface area is 99.7 Å². The van der Waals surface area contributed by atoms with Gasteiger partial charge in [0.2, 0.25) is 0 Å². The largest absolute Gasteiger partial charge is 0.504 e. The number of methoxy groups -OCH3 is 1. The van der Waals surface area contributed by atoms with Gasteiger partial charge in [-0.05, 0) is 36.7 Å². The van der Waals surface area contributed by atoms with Gasteiger partial charge in [0.15, 0.2) is 0 Å². The first kappa shape index (κ1) is 13.6. The molecule has 0 spiro atoms. The molecule has 0 aromatic heterocycles. The molecular formula is C14H25O2. The molecule has 0 aliphatic heterocycles. The van der Waals surface area contributed by atoms with Crippen molar-refractivity contribution in [1.29, 1.82) is 0 Å². The molecule has 2 unspecified atom stereocenters. The van der Waals surface area contributed by atoms with E-state index < -0.39 is 5.60 Å². The molecule has 0 amide bonds. The van der Waals surface area contributed by atoms with E-state index in [0.717, 1.165) is 19.3 Å². The second-order valence-corrected chi connectivity index (χ2v) is 6.12. The van der Waals surface area contributed by atoms with Crippen molar-refractivity contribution in [2.75, 3.05) is 7.11 Å². The number of hydrogen-bond acceptors (Lipinski definition) is 2. The van der Waals surface area contributed by atoms with Gasteiger partial charge in [-0.25, -0.2) is 0 Å². The summed E-state index contributed by atoms with van der Waals surface area (Å²) in [7, 11) is 1.61. The number of ether oxygens (including phenoxy) is 1. The third-order valence-corrected chi connectivity index (χ3v) is 3.68. The van der Waals surface area contributed by atoms with Gasteiger partial charge < -0.3 is 9.84 Å². The Balaban J connectivity index is 2.57. The molecule has 0 heterocycles. The molecular weight excluding hydrogens is 200 g/mol. The van der Waals surface area contributed by atoms with Crippen LogP contribution in [0.5, 0.6) is 0 Å². The first-order chi connectivity index (χ1) is 7.37. The monoisotopic (exact) mass is 225 g/mol. The van der Waals surface area contributed by atoms with Crippen molar-refractivity contribution < 1.29 is 9.84 Å². The number of hydrogen-bond donors (Lipinski definition) is 1. The molecule has 2 nitrogen and oxygen atoms in total. The lowest BCUT2D eigenvalue weighted by atomic mass is 9.67. The predicted molar refractivity (Wildman–Crippen MR) is 65.8 cm³/mol. The summed E-state index contributed by atoms with van der Waals surface area (Å²) < 4.78 is 4.82. The average molecular weight is 225 g/mol. The molecule has 0 bridgehead atoms. The fraction of sp³-hybridized carbons (Fsp3) is 0.857. The molecule has 1 fully saturated rings. The van der Waals surface area contributed by atoms with E-state index in [1.54, 1.807) is 13.4 Å². The molecule has 0 aromatic carbocycles. The minimum atomic E-state index is -0.564. The molecule has 1 radical (unpaired) electrons. The molecule has 1 aliphatic rings. The van der Waals surface area contributed by atoms with Crippen LogP contribution in [0.15, 0.2) is 6.26 Å². The lowest BCUT2D eigenvalue weighted by molar-refractivity contribution is -0.0371. The summed E-state index contributed by atoms with van der Waals surface area (Å²) in [6.45, 7) is 6.79. The van der Waals surface area contributed by atoms with Crippen molar-refractivity contribution in [3.63, 3.8) is 0 Å². The minimum Gasteiger partial charge on any atom is -0.504 e. The first-order valence-electron chi connectivity index (χ1n) is 6.18. The zero-order chi connectivity index (χ0) is 12.2. The van der Waals surface area contributed by atoms with Crippen molar-refractivity contribution >= 4 is 0 Å². The number of rotatable bonds is 3. The van der Waals surface area contributed by atoms with Gasteiger partial charge in [0.1, 0.15) is 0 Å². The fourth-order valence-corrected chi connectivity index (χ4v) is 2.56. The molecule has 2 atom stereocenters. The summed E-state index contributed by atoms with van der Waals surface area (Å²) in [5, 5.41) is 10.5. The Morgan fingerprint density at radius 2 is 2.19 bits per heavy atom. The molecule has 2 heteroatoms. The molecule has 93 valence electrons. The highest BCUT2D eigenvalue weighted by atomic mass is 16.5. The molecule has 1 rings (SSSR count). The maximum atomic E-state index is 10.5. The van der Waals surface area contributed by atoms with Crippen molar-refractivity contribution in [3.8, 4) is 0 Å². The van der Waals surface area contributed by atoms with Gasteiger partial charge in [0, 0.05) is 6.42 Å². The number of aliphatic hydroxyl groups is 1. The highest BCUT2D eigenvalue weighted by Gasteiger charge is 2.38. The van der Waals surface area contributed by atoms with Crippen LogP contribution < -0.4 is 0 Å². The smallest absolute Gasteiger partial charge is 0.0861 e. The van der Waals surface area contributed by atoms with Crippen molar-refractivity contribution in [2.45, 2.75) is 58.5 Å². The van der Waals surface area contributed by atoms with Crippen molar-refractivity contribution in [2.24, 2.45) is 11.3 Å². The lowest BCUT2D eigenvalue weighted by Crippen LogP contribution is -2.39. The Morgan fingerprint density at radius 3 is 2.75 bits per heavy atom. The van der Waals surface area contributed by atoms with Crippen LogP contribution in [0.3, 0.4) is 0 Å². The van der Waals surface area contributed by atoms with Gasteiger partial charge in [-0.1, -0.05) is 27.2 Å². The average Bonchev–Trinajstić information content (AvgIpc) is 2.16. The van der Waals surface area contributed by atoms with Gasteiger partial charge in [0.05, 0.1) is 19.0 Å². The van der Waals surface area contributed by atoms with E-state index >= 15 is 0 Å². The molecule has 16 heavy (non-hydrogen) atoms. The Hall–Kier alpha value is -0.500. The summed E-state index contributed by atoms with van der Waals surface area (Å²) in [6.07, 6.45) is 9.29. The Kier molecular flexibility index (Phi) is 4.43. The molecule has 1 aliphatic carbocycles. The quantitative estimate of drug-likeness (QED) is 0.747. The van der Waals surface area contributed by atoms with Crippen LogP contribution in [0.2, 0.25) is 0 Å². The highest BCUT2D eigenvalue weighted by Crippen LogP contribution is 2.43. The van der Waals surface area contributed by atoms with E-state index in [-0.39, 0.29) is 0 Å². The van der Waals surface area contributed by atoms with Gasteiger partial charge in [0.25, 0.3) is 0 Å². The highest BCUT2D eigenvalue weighted by molar-refractivity contribution is 4.92. The molecule has 1 N–H and O–H groups in total. The topological polar surface area (TPSA) is 29.5 Å². The van der Waals surface area contributed by atoms with Crippen LogP contribution in [0.25, 0.3) is 0 Å². The first-order valence-corrected chi connectivity index (χ1v) is 6.18. The summed E-state index contributed by atoms with van der Waals surface area (Å²) in [6, 6.07) is 0. The Morgan fingerprint density at radius 1 is 1.50 bits per heavy atom. The van der Waals surface area contributed by atoms with Crippen LogP contribution in [0.4, 0.5) is 0 Å². The van der Waals surface area contributed by atoms with Crippen LogP contribution >= 0.6 is 0 Å². The van der Waals surface area contributed by atoms with Crippen molar-refractivity contribution in [3.05, 3.63) is 12.3 Å². The van der Waals surface area contributed by atoms with Crippen LogP contribution in [0, 0.1) is 17.4 Å². The van der Waals surface area contributed by atoms with Gasteiger partial charge in [-0.3, -0.25) is 0 Å². The van der Waals surface area contributed by atoms with Crippen LogP contribution in [-0.4, -0.2) is 17.8 Å². The second-order valence-electron chi connectivity index (χ2n) is 6.12. The van der Waals surface area contributed by atoms with Gasteiger partial charge in [-0.15, -0.1) is 0 Å². The normalized spacial score (nSPS) is 31.9. The third kappa shape index (κ3) is 3.82. The minimum absolute atomic E-state index is 0.291. The van der Waals surface area contributed by atoms with Crippen LogP contribution in [-0.2, 0) is 4.74 Å². The molecule has 0 aromatic rings. The zero-order valence-electron chi connectivity index (χ0n) is 11.0.